The maximum Gasteiger partial charge on any atom is 0.295 e. The number of fused-ring (bicyclic) bond motifs is 8. The van der Waals surface area contributed by atoms with E-state index in [1.807, 2.05) is 0 Å². The summed E-state index contributed by atoms with van der Waals surface area (Å²) in [6.07, 6.45) is 0. The summed E-state index contributed by atoms with van der Waals surface area (Å²) in [6.45, 7) is 10.1. The van der Waals surface area contributed by atoms with Gasteiger partial charge in [-0.15, -0.1) is 0 Å². The number of imidazole rings is 1. The second-order valence-corrected chi connectivity index (χ2v) is 10.4. The van der Waals surface area contributed by atoms with E-state index in [4.69, 9.17) is 4.42 Å². The Morgan fingerprint density at radius 1 is 0.800 bits per heavy atom. The molecule has 0 bridgehead atoms. The molecule has 3 nitrogen and oxygen atoms in total. The van der Waals surface area contributed by atoms with E-state index in [2.05, 4.69) is 116 Å². The Morgan fingerprint density at radius 2 is 1.54 bits per heavy atom. The summed E-state index contributed by atoms with van der Waals surface area (Å²) in [7, 11) is 0. The monoisotopic (exact) mass is 457 g/mol. The molecule has 0 fully saturated rings. The Morgan fingerprint density at radius 3 is 2.37 bits per heavy atom. The number of rotatable bonds is 3. The fourth-order valence-corrected chi connectivity index (χ4v) is 6.11. The molecule has 1 aliphatic heterocycles. The molecule has 35 heavy (non-hydrogen) atoms. The first-order chi connectivity index (χ1) is 17.0. The van der Waals surface area contributed by atoms with Crippen LogP contribution >= 0.6 is 0 Å². The predicted molar refractivity (Wildman–Crippen MR) is 143 cm³/mol. The fraction of sp³-hybridized carbons (Fsp3) is 0.219. The van der Waals surface area contributed by atoms with Gasteiger partial charge in [0, 0.05) is 27.5 Å². The van der Waals surface area contributed by atoms with E-state index in [1.54, 1.807) is 0 Å². The number of furan rings is 1. The van der Waals surface area contributed by atoms with Crippen molar-refractivity contribution >= 4 is 33.0 Å². The van der Waals surface area contributed by atoms with Gasteiger partial charge in [0.2, 0.25) is 0 Å². The molecule has 0 N–H and O–H groups in total. The van der Waals surface area contributed by atoms with Crippen LogP contribution in [-0.2, 0) is 6.54 Å². The minimum absolute atomic E-state index is 0.325. The number of nitrogens with zero attached hydrogens (tertiary/aromatic N) is 2. The van der Waals surface area contributed by atoms with Crippen molar-refractivity contribution in [3.8, 4) is 17.1 Å². The number of benzene rings is 4. The highest BCUT2D eigenvalue weighted by molar-refractivity contribution is 6.09. The third-order valence-electron chi connectivity index (χ3n) is 7.60. The van der Waals surface area contributed by atoms with Gasteiger partial charge in [0.15, 0.2) is 11.0 Å². The van der Waals surface area contributed by atoms with Gasteiger partial charge < -0.3 is 4.42 Å². The van der Waals surface area contributed by atoms with Crippen molar-refractivity contribution in [2.24, 2.45) is 0 Å². The molecule has 3 heteroatoms. The van der Waals surface area contributed by atoms with E-state index in [9.17, 15) is 0 Å². The van der Waals surface area contributed by atoms with Crippen LogP contribution in [0.4, 0.5) is 0 Å². The molecule has 0 radical (unpaired) electrons. The minimum Gasteiger partial charge on any atom is -0.456 e. The van der Waals surface area contributed by atoms with Crippen LogP contribution in [0.5, 0.6) is 0 Å². The van der Waals surface area contributed by atoms with Crippen LogP contribution in [0.25, 0.3) is 50.0 Å². The zero-order valence-electron chi connectivity index (χ0n) is 20.7. The van der Waals surface area contributed by atoms with Crippen molar-refractivity contribution in [2.45, 2.75) is 46.1 Å². The maximum atomic E-state index is 6.43. The molecule has 2 aromatic heterocycles. The standard InChI is InChI=1S/C32H29N2O/c1-19(2)24-17-28-30(23-13-7-10-16-27(23)35-28)29(20(3)4)31(24)34-26-15-9-8-14-25(26)33-18-21-11-5-6-12-22(21)32(33)34/h5-17,19-20H,18H2,1-4H3/q+1. The molecular formula is C32H29N2O+. The van der Waals surface area contributed by atoms with Crippen LogP contribution in [0, 0.1) is 0 Å². The molecule has 0 saturated carbocycles. The van der Waals surface area contributed by atoms with Gasteiger partial charge in [-0.25, -0.2) is 4.57 Å². The van der Waals surface area contributed by atoms with Crippen molar-refractivity contribution in [2.75, 3.05) is 0 Å². The van der Waals surface area contributed by atoms with Crippen molar-refractivity contribution in [3.05, 3.63) is 95.6 Å². The van der Waals surface area contributed by atoms with Gasteiger partial charge in [0.05, 0.1) is 5.56 Å². The summed E-state index contributed by atoms with van der Waals surface area (Å²) < 4.78 is 11.5. The fourth-order valence-electron chi connectivity index (χ4n) is 6.11. The molecule has 1 aliphatic rings. The van der Waals surface area contributed by atoms with Crippen LogP contribution in [-0.4, -0.2) is 4.57 Å². The van der Waals surface area contributed by atoms with Gasteiger partial charge in [0.25, 0.3) is 5.82 Å². The highest BCUT2D eigenvalue weighted by atomic mass is 16.3. The maximum absolute atomic E-state index is 6.43. The quantitative estimate of drug-likeness (QED) is 0.246. The van der Waals surface area contributed by atoms with Gasteiger partial charge >= 0.3 is 0 Å². The van der Waals surface area contributed by atoms with Gasteiger partial charge in [-0.05, 0) is 42.2 Å². The van der Waals surface area contributed by atoms with E-state index in [1.165, 1.54) is 55.6 Å². The van der Waals surface area contributed by atoms with Crippen LogP contribution in [0.15, 0.2) is 83.3 Å². The summed E-state index contributed by atoms with van der Waals surface area (Å²) in [5, 5.41) is 2.45. The lowest BCUT2D eigenvalue weighted by Crippen LogP contribution is -2.31. The largest absolute Gasteiger partial charge is 0.456 e. The van der Waals surface area contributed by atoms with Crippen LogP contribution in [0.3, 0.4) is 0 Å². The Labute approximate surface area is 205 Å². The van der Waals surface area contributed by atoms with Gasteiger partial charge in [-0.1, -0.05) is 76.2 Å². The van der Waals surface area contributed by atoms with Crippen molar-refractivity contribution in [1.29, 1.82) is 0 Å². The minimum atomic E-state index is 0.325. The number of aromatic nitrogens is 2. The molecule has 0 aliphatic carbocycles. The predicted octanol–water partition coefficient (Wildman–Crippen LogP) is 8.09. The average molecular weight is 458 g/mol. The molecule has 6 aromatic rings. The molecule has 0 unspecified atom stereocenters. The Hall–Kier alpha value is -3.85. The molecule has 0 spiro atoms. The average Bonchev–Trinajstić information content (AvgIpc) is 3.51. The molecule has 172 valence electrons. The topological polar surface area (TPSA) is 21.9 Å². The first-order valence-electron chi connectivity index (χ1n) is 12.6. The molecule has 7 rings (SSSR count). The lowest BCUT2D eigenvalue weighted by atomic mass is 9.88. The molecule has 0 saturated heterocycles. The van der Waals surface area contributed by atoms with Gasteiger partial charge in [-0.3, -0.25) is 0 Å². The summed E-state index contributed by atoms with van der Waals surface area (Å²) in [4.78, 5) is 0. The van der Waals surface area contributed by atoms with E-state index in [0.29, 0.717) is 11.8 Å². The Kier molecular flexibility index (Phi) is 4.29. The second-order valence-electron chi connectivity index (χ2n) is 10.4. The van der Waals surface area contributed by atoms with Crippen molar-refractivity contribution < 1.29 is 8.98 Å². The summed E-state index contributed by atoms with van der Waals surface area (Å²) in [5.41, 5.74) is 11.2. The first kappa shape index (κ1) is 20.5. The normalized spacial score (nSPS) is 13.0. The third kappa shape index (κ3) is 2.75. The smallest absolute Gasteiger partial charge is 0.295 e. The zero-order valence-corrected chi connectivity index (χ0v) is 20.7. The molecule has 3 heterocycles. The number of para-hydroxylation sites is 3. The molecular weight excluding hydrogens is 428 g/mol. The SMILES string of the molecule is CC(C)c1cc2oc3ccccc3c2c(C(C)C)c1-n1c2[n+](c3ccccc31)Cc1ccccc1-2. The molecule has 4 aromatic carbocycles. The summed E-state index contributed by atoms with van der Waals surface area (Å²) >= 11 is 0. The Balaban J connectivity index is 1.72. The van der Waals surface area contributed by atoms with Crippen LogP contribution in [0.1, 0.15) is 56.2 Å². The van der Waals surface area contributed by atoms with E-state index in [0.717, 1.165) is 17.7 Å². The van der Waals surface area contributed by atoms with Crippen LogP contribution in [0.2, 0.25) is 0 Å². The van der Waals surface area contributed by atoms with Crippen molar-refractivity contribution in [3.63, 3.8) is 0 Å². The van der Waals surface area contributed by atoms with Gasteiger partial charge in [0.1, 0.15) is 23.4 Å². The third-order valence-corrected chi connectivity index (χ3v) is 7.60. The first-order valence-corrected chi connectivity index (χ1v) is 12.6. The van der Waals surface area contributed by atoms with Crippen molar-refractivity contribution in [1.82, 2.24) is 4.57 Å². The van der Waals surface area contributed by atoms with Gasteiger partial charge in [-0.2, -0.15) is 4.57 Å². The zero-order chi connectivity index (χ0) is 23.8. The summed E-state index contributed by atoms with van der Waals surface area (Å²) in [6, 6.07) is 28.5. The van der Waals surface area contributed by atoms with Crippen LogP contribution < -0.4 is 4.57 Å². The second kappa shape index (κ2) is 7.32. The molecule has 0 amide bonds. The lowest BCUT2D eigenvalue weighted by molar-refractivity contribution is -0.645. The Bertz CT molecular complexity index is 1780. The highest BCUT2D eigenvalue weighted by Gasteiger charge is 2.37. The number of hydrogen-bond donors (Lipinski definition) is 0. The van der Waals surface area contributed by atoms with E-state index < -0.39 is 0 Å². The molecule has 0 atom stereocenters. The highest BCUT2D eigenvalue weighted by Crippen LogP contribution is 2.45. The van der Waals surface area contributed by atoms with E-state index >= 15 is 0 Å². The summed E-state index contributed by atoms with van der Waals surface area (Å²) in [5.74, 6) is 1.95. The van der Waals surface area contributed by atoms with E-state index in [-0.39, 0.29) is 0 Å². The number of hydrogen-bond acceptors (Lipinski definition) is 1. The lowest BCUT2D eigenvalue weighted by Gasteiger charge is -2.19.